The number of methoxy groups -OCH3 is 1. The first-order valence-electron chi connectivity index (χ1n) is 7.27. The standard InChI is InChI=1S/C13H28N2O3S/c1-12(11-18-2)19(16,17)15-10-9-14-13-7-5-3-4-6-8-13/h12-15H,3-11H2,1-2H3. The largest absolute Gasteiger partial charge is 0.383 e. The predicted molar refractivity (Wildman–Crippen MR) is 77.8 cm³/mol. The highest BCUT2D eigenvalue weighted by Crippen LogP contribution is 2.16. The molecule has 1 aliphatic rings. The Bertz CT molecular complexity index is 325. The fourth-order valence-corrected chi connectivity index (χ4v) is 3.41. The molecule has 0 saturated heterocycles. The van der Waals surface area contributed by atoms with E-state index in [4.69, 9.17) is 4.74 Å². The summed E-state index contributed by atoms with van der Waals surface area (Å²) < 4.78 is 31.1. The van der Waals surface area contributed by atoms with E-state index < -0.39 is 15.3 Å². The molecule has 19 heavy (non-hydrogen) atoms. The van der Waals surface area contributed by atoms with Gasteiger partial charge < -0.3 is 10.1 Å². The molecule has 0 aromatic carbocycles. The Morgan fingerprint density at radius 3 is 2.37 bits per heavy atom. The highest BCUT2D eigenvalue weighted by atomic mass is 32.2. The van der Waals surface area contributed by atoms with Crippen LogP contribution in [0.3, 0.4) is 0 Å². The maximum atomic E-state index is 11.8. The van der Waals surface area contributed by atoms with Gasteiger partial charge in [0.05, 0.1) is 11.9 Å². The summed E-state index contributed by atoms with van der Waals surface area (Å²) >= 11 is 0. The lowest BCUT2D eigenvalue weighted by atomic mass is 10.1. The van der Waals surface area contributed by atoms with Gasteiger partial charge >= 0.3 is 0 Å². The van der Waals surface area contributed by atoms with Crippen LogP contribution in [-0.2, 0) is 14.8 Å². The SMILES string of the molecule is COCC(C)S(=O)(=O)NCCNC1CCCCCC1. The summed E-state index contributed by atoms with van der Waals surface area (Å²) in [4.78, 5) is 0. The van der Waals surface area contributed by atoms with Gasteiger partial charge in [-0.2, -0.15) is 0 Å². The van der Waals surface area contributed by atoms with Crippen LogP contribution in [0.4, 0.5) is 0 Å². The molecule has 1 fully saturated rings. The molecule has 0 spiro atoms. The van der Waals surface area contributed by atoms with Crippen molar-refractivity contribution in [3.8, 4) is 0 Å². The lowest BCUT2D eigenvalue weighted by molar-refractivity contribution is 0.200. The average Bonchev–Trinajstić information content (AvgIpc) is 2.63. The third-order valence-corrected chi connectivity index (χ3v) is 5.45. The summed E-state index contributed by atoms with van der Waals surface area (Å²) in [6.45, 7) is 3.03. The van der Waals surface area contributed by atoms with E-state index in [0.717, 1.165) is 0 Å². The van der Waals surface area contributed by atoms with Crippen LogP contribution in [0.5, 0.6) is 0 Å². The third kappa shape index (κ3) is 6.70. The van der Waals surface area contributed by atoms with E-state index in [1.807, 2.05) is 0 Å². The lowest BCUT2D eigenvalue weighted by Gasteiger charge is -2.17. The van der Waals surface area contributed by atoms with Crippen LogP contribution < -0.4 is 10.0 Å². The van der Waals surface area contributed by atoms with Gasteiger partial charge in [0.2, 0.25) is 10.0 Å². The second-order valence-electron chi connectivity index (χ2n) is 5.35. The molecule has 0 aromatic rings. The van der Waals surface area contributed by atoms with Gasteiger partial charge in [-0.1, -0.05) is 25.7 Å². The van der Waals surface area contributed by atoms with Crippen LogP contribution in [0.2, 0.25) is 0 Å². The monoisotopic (exact) mass is 292 g/mol. The first-order chi connectivity index (χ1) is 9.06. The Morgan fingerprint density at radius 2 is 1.79 bits per heavy atom. The maximum Gasteiger partial charge on any atom is 0.216 e. The maximum absolute atomic E-state index is 11.8. The first-order valence-corrected chi connectivity index (χ1v) is 8.81. The van der Waals surface area contributed by atoms with Crippen molar-refractivity contribution in [1.29, 1.82) is 0 Å². The number of ether oxygens (including phenoxy) is 1. The normalized spacial score (nSPS) is 20.1. The molecule has 2 N–H and O–H groups in total. The Labute approximate surface area is 117 Å². The van der Waals surface area contributed by atoms with Crippen LogP contribution in [0.15, 0.2) is 0 Å². The van der Waals surface area contributed by atoms with Crippen LogP contribution in [0.25, 0.3) is 0 Å². The molecule has 1 atom stereocenters. The lowest BCUT2D eigenvalue weighted by Crippen LogP contribution is -2.40. The molecule has 0 bridgehead atoms. The molecule has 0 aliphatic heterocycles. The Morgan fingerprint density at radius 1 is 1.16 bits per heavy atom. The number of hydrogen-bond acceptors (Lipinski definition) is 4. The summed E-state index contributed by atoms with van der Waals surface area (Å²) in [6.07, 6.45) is 7.67. The molecular weight excluding hydrogens is 264 g/mol. The van der Waals surface area contributed by atoms with Gasteiger partial charge in [-0.3, -0.25) is 0 Å². The minimum Gasteiger partial charge on any atom is -0.383 e. The molecule has 6 heteroatoms. The number of hydrogen-bond donors (Lipinski definition) is 2. The molecular formula is C13H28N2O3S. The molecule has 1 rings (SSSR count). The van der Waals surface area contributed by atoms with E-state index in [0.29, 0.717) is 19.1 Å². The van der Waals surface area contributed by atoms with E-state index in [-0.39, 0.29) is 6.61 Å². The fourth-order valence-electron chi connectivity index (χ4n) is 2.42. The van der Waals surface area contributed by atoms with E-state index in [9.17, 15) is 8.42 Å². The fraction of sp³-hybridized carbons (Fsp3) is 1.00. The van der Waals surface area contributed by atoms with Gasteiger partial charge in [0.15, 0.2) is 0 Å². The zero-order valence-electron chi connectivity index (χ0n) is 12.2. The van der Waals surface area contributed by atoms with Crippen molar-refractivity contribution in [2.24, 2.45) is 0 Å². The highest BCUT2D eigenvalue weighted by Gasteiger charge is 2.19. The van der Waals surface area contributed by atoms with Gasteiger partial charge in [-0.05, 0) is 19.8 Å². The second kappa shape index (κ2) is 8.89. The minimum atomic E-state index is -3.25. The molecule has 5 nitrogen and oxygen atoms in total. The zero-order chi connectivity index (χ0) is 14.1. The molecule has 0 amide bonds. The van der Waals surface area contributed by atoms with Crippen LogP contribution >= 0.6 is 0 Å². The number of nitrogens with one attached hydrogen (secondary N) is 2. The minimum absolute atomic E-state index is 0.228. The Balaban J connectivity index is 2.18. The highest BCUT2D eigenvalue weighted by molar-refractivity contribution is 7.90. The van der Waals surface area contributed by atoms with Crippen LogP contribution in [0, 0.1) is 0 Å². The van der Waals surface area contributed by atoms with Crippen molar-refractivity contribution in [2.75, 3.05) is 26.8 Å². The molecule has 0 radical (unpaired) electrons. The summed E-state index contributed by atoms with van der Waals surface area (Å²) in [5.41, 5.74) is 0. The van der Waals surface area contributed by atoms with Crippen molar-refractivity contribution in [3.63, 3.8) is 0 Å². The van der Waals surface area contributed by atoms with E-state index in [2.05, 4.69) is 10.0 Å². The zero-order valence-corrected chi connectivity index (χ0v) is 13.0. The summed E-state index contributed by atoms with van der Waals surface area (Å²) in [5, 5.41) is 2.94. The predicted octanol–water partition coefficient (Wildman–Crippen LogP) is 1.25. The van der Waals surface area contributed by atoms with Gasteiger partial charge in [-0.25, -0.2) is 13.1 Å². The topological polar surface area (TPSA) is 67.4 Å². The molecule has 1 saturated carbocycles. The van der Waals surface area contributed by atoms with Gasteiger partial charge in [0, 0.05) is 26.2 Å². The first kappa shape index (κ1) is 16.9. The van der Waals surface area contributed by atoms with E-state index >= 15 is 0 Å². The summed E-state index contributed by atoms with van der Waals surface area (Å²) in [7, 11) is -1.73. The molecule has 114 valence electrons. The van der Waals surface area contributed by atoms with Crippen molar-refractivity contribution in [1.82, 2.24) is 10.0 Å². The van der Waals surface area contributed by atoms with E-state index in [1.54, 1.807) is 6.92 Å². The molecule has 1 unspecified atom stereocenters. The second-order valence-corrected chi connectivity index (χ2v) is 7.53. The van der Waals surface area contributed by atoms with Crippen molar-refractivity contribution in [3.05, 3.63) is 0 Å². The van der Waals surface area contributed by atoms with E-state index in [1.165, 1.54) is 45.6 Å². The Hall–Kier alpha value is -0.170. The Kier molecular flexibility index (Phi) is 7.90. The smallest absolute Gasteiger partial charge is 0.216 e. The molecule has 0 aromatic heterocycles. The van der Waals surface area contributed by atoms with Crippen LogP contribution in [-0.4, -0.2) is 46.5 Å². The van der Waals surface area contributed by atoms with Gasteiger partial charge in [0.1, 0.15) is 0 Å². The van der Waals surface area contributed by atoms with Gasteiger partial charge in [0.25, 0.3) is 0 Å². The van der Waals surface area contributed by atoms with Crippen LogP contribution in [0.1, 0.15) is 45.4 Å². The van der Waals surface area contributed by atoms with Crippen molar-refractivity contribution >= 4 is 10.0 Å². The van der Waals surface area contributed by atoms with Crippen molar-refractivity contribution in [2.45, 2.75) is 56.7 Å². The number of rotatable bonds is 8. The van der Waals surface area contributed by atoms with Crippen molar-refractivity contribution < 1.29 is 13.2 Å². The molecule has 0 heterocycles. The average molecular weight is 292 g/mol. The number of sulfonamides is 1. The quantitative estimate of drug-likeness (QED) is 0.522. The summed E-state index contributed by atoms with van der Waals surface area (Å²) in [5.74, 6) is 0. The van der Waals surface area contributed by atoms with Gasteiger partial charge in [-0.15, -0.1) is 0 Å². The summed E-state index contributed by atoms with van der Waals surface area (Å²) in [6, 6.07) is 0.559. The molecule has 1 aliphatic carbocycles. The third-order valence-electron chi connectivity index (χ3n) is 3.65.